The van der Waals surface area contributed by atoms with Crippen LogP contribution in [0.3, 0.4) is 0 Å². The molecule has 2 aromatic rings. The molecule has 194 valence electrons. The van der Waals surface area contributed by atoms with Crippen LogP contribution in [-0.4, -0.2) is 60.2 Å². The Balaban J connectivity index is 1.55. The molecule has 2 fully saturated rings. The number of anilines is 1. The van der Waals surface area contributed by atoms with E-state index in [4.69, 9.17) is 32.7 Å². The monoisotopic (exact) mass is 536 g/mol. The summed E-state index contributed by atoms with van der Waals surface area (Å²) in [5.41, 5.74) is 0.188. The molecule has 2 aliphatic heterocycles. The Kier molecular flexibility index (Phi) is 9.19. The molecule has 0 bridgehead atoms. The fraction of sp³-hybridized carbons (Fsp3) is 0.500. The fourth-order valence-electron chi connectivity index (χ4n) is 4.22. The van der Waals surface area contributed by atoms with Gasteiger partial charge in [0, 0.05) is 19.0 Å². The number of ether oxygens (including phenoxy) is 2. The van der Waals surface area contributed by atoms with E-state index in [1.165, 1.54) is 6.92 Å². The fourth-order valence-corrected chi connectivity index (χ4v) is 4.53. The predicted molar refractivity (Wildman–Crippen MR) is 137 cm³/mol. The van der Waals surface area contributed by atoms with Crippen LogP contribution in [0.15, 0.2) is 24.3 Å². The third-order valence-electron chi connectivity index (χ3n) is 6.01. The van der Waals surface area contributed by atoms with Crippen molar-refractivity contribution in [2.75, 3.05) is 31.6 Å². The SMILES string of the molecule is CC(=O)NC(C(=O)Nc1nc(Cl)ccc1OC[C@H]1CCCN1)c1nc(Cl)ccc1OC[C@@H]1CCCN1. The van der Waals surface area contributed by atoms with Gasteiger partial charge in [-0.15, -0.1) is 0 Å². The number of nitrogens with one attached hydrogen (secondary N) is 4. The molecule has 2 aromatic heterocycles. The molecule has 2 saturated heterocycles. The zero-order chi connectivity index (χ0) is 25.5. The quantitative estimate of drug-likeness (QED) is 0.341. The summed E-state index contributed by atoms with van der Waals surface area (Å²) < 4.78 is 11.9. The number of aromatic nitrogens is 2. The molecular weight excluding hydrogens is 507 g/mol. The standard InChI is InChI=1S/C24H30Cl2N6O4/c1-14(33)29-22(21-17(6-8-19(25)30-21)35-12-15-4-2-10-27-15)24(34)32-23-18(7-9-20(26)31-23)36-13-16-5-3-11-28-16/h6-9,15-16,22,27-28H,2-5,10-13H2,1H3,(H,29,33)(H,31,32,34)/t15-,16+,22?/m0/s1. The van der Waals surface area contributed by atoms with Crippen molar-refractivity contribution in [2.24, 2.45) is 0 Å². The molecule has 0 spiro atoms. The summed E-state index contributed by atoms with van der Waals surface area (Å²) >= 11 is 12.3. The van der Waals surface area contributed by atoms with Crippen LogP contribution in [0.2, 0.25) is 10.3 Å². The Hall–Kier alpha value is -2.66. The molecule has 4 N–H and O–H groups in total. The van der Waals surface area contributed by atoms with Gasteiger partial charge in [-0.2, -0.15) is 0 Å². The number of rotatable bonds is 10. The first-order valence-corrected chi connectivity index (χ1v) is 12.8. The van der Waals surface area contributed by atoms with E-state index in [9.17, 15) is 9.59 Å². The molecule has 0 aromatic carbocycles. The van der Waals surface area contributed by atoms with E-state index in [2.05, 4.69) is 31.2 Å². The Morgan fingerprint density at radius 2 is 1.56 bits per heavy atom. The van der Waals surface area contributed by atoms with Gasteiger partial charge >= 0.3 is 0 Å². The number of nitrogens with zero attached hydrogens (tertiary/aromatic N) is 2. The van der Waals surface area contributed by atoms with Gasteiger partial charge in [-0.1, -0.05) is 23.2 Å². The lowest BCUT2D eigenvalue weighted by molar-refractivity contribution is -0.125. The summed E-state index contributed by atoms with van der Waals surface area (Å²) in [6, 6.07) is 5.68. The van der Waals surface area contributed by atoms with E-state index in [0.29, 0.717) is 24.7 Å². The zero-order valence-electron chi connectivity index (χ0n) is 20.0. The van der Waals surface area contributed by atoms with Crippen LogP contribution in [-0.2, 0) is 9.59 Å². The molecule has 36 heavy (non-hydrogen) atoms. The van der Waals surface area contributed by atoms with Crippen LogP contribution in [0.25, 0.3) is 0 Å². The number of pyridine rings is 2. The van der Waals surface area contributed by atoms with Crippen molar-refractivity contribution < 1.29 is 19.1 Å². The Labute approximate surface area is 219 Å². The van der Waals surface area contributed by atoms with Gasteiger partial charge in [-0.3, -0.25) is 9.59 Å². The number of carbonyl (C=O) groups is 2. The van der Waals surface area contributed by atoms with E-state index in [1.54, 1.807) is 24.3 Å². The summed E-state index contributed by atoms with van der Waals surface area (Å²) in [7, 11) is 0. The second-order valence-corrected chi connectivity index (χ2v) is 9.60. The largest absolute Gasteiger partial charge is 0.490 e. The molecule has 0 aliphatic carbocycles. The third kappa shape index (κ3) is 7.19. The molecule has 4 rings (SSSR count). The number of amides is 2. The second-order valence-electron chi connectivity index (χ2n) is 8.83. The highest BCUT2D eigenvalue weighted by Crippen LogP contribution is 2.30. The van der Waals surface area contributed by atoms with Crippen molar-refractivity contribution in [1.29, 1.82) is 0 Å². The van der Waals surface area contributed by atoms with E-state index in [-0.39, 0.29) is 33.9 Å². The lowest BCUT2D eigenvalue weighted by Gasteiger charge is -2.22. The Bertz CT molecular complexity index is 1080. The van der Waals surface area contributed by atoms with Crippen molar-refractivity contribution in [3.63, 3.8) is 0 Å². The van der Waals surface area contributed by atoms with Crippen molar-refractivity contribution >= 4 is 40.8 Å². The normalized spacial score (nSPS) is 20.1. The molecule has 2 aliphatic rings. The number of hydrogen-bond donors (Lipinski definition) is 4. The summed E-state index contributed by atoms with van der Waals surface area (Å²) in [5, 5.41) is 12.4. The molecule has 4 heterocycles. The van der Waals surface area contributed by atoms with Crippen LogP contribution in [0.5, 0.6) is 11.5 Å². The van der Waals surface area contributed by atoms with Gasteiger partial charge in [0.1, 0.15) is 35.0 Å². The molecule has 10 nitrogen and oxygen atoms in total. The Morgan fingerprint density at radius 3 is 2.14 bits per heavy atom. The van der Waals surface area contributed by atoms with Crippen molar-refractivity contribution in [1.82, 2.24) is 25.9 Å². The molecule has 3 atom stereocenters. The number of carbonyl (C=O) groups excluding carboxylic acids is 2. The van der Waals surface area contributed by atoms with Gasteiger partial charge in [0.2, 0.25) is 5.91 Å². The molecule has 1 unspecified atom stereocenters. The third-order valence-corrected chi connectivity index (χ3v) is 6.43. The van der Waals surface area contributed by atoms with E-state index in [0.717, 1.165) is 38.8 Å². The van der Waals surface area contributed by atoms with Crippen LogP contribution in [0.1, 0.15) is 44.3 Å². The van der Waals surface area contributed by atoms with Crippen molar-refractivity contribution in [2.45, 2.75) is 50.7 Å². The summed E-state index contributed by atoms with van der Waals surface area (Å²) in [6.45, 7) is 4.01. The van der Waals surface area contributed by atoms with Crippen molar-refractivity contribution in [3.05, 3.63) is 40.3 Å². The van der Waals surface area contributed by atoms with E-state index >= 15 is 0 Å². The number of hydrogen-bond acceptors (Lipinski definition) is 8. The average Bonchev–Trinajstić information content (AvgIpc) is 3.55. The smallest absolute Gasteiger partial charge is 0.254 e. The van der Waals surface area contributed by atoms with Gasteiger partial charge < -0.3 is 30.7 Å². The van der Waals surface area contributed by atoms with E-state index in [1.807, 2.05) is 0 Å². The highest BCUT2D eigenvalue weighted by molar-refractivity contribution is 6.29. The van der Waals surface area contributed by atoms with Gasteiger partial charge in [0.15, 0.2) is 17.6 Å². The molecule has 0 saturated carbocycles. The van der Waals surface area contributed by atoms with Gasteiger partial charge in [0.25, 0.3) is 5.91 Å². The van der Waals surface area contributed by atoms with E-state index < -0.39 is 17.9 Å². The van der Waals surface area contributed by atoms with Gasteiger partial charge in [-0.25, -0.2) is 9.97 Å². The van der Waals surface area contributed by atoms with Crippen LogP contribution in [0, 0.1) is 0 Å². The first kappa shape index (κ1) is 26.4. The lowest BCUT2D eigenvalue weighted by atomic mass is 10.1. The maximum atomic E-state index is 13.5. The predicted octanol–water partition coefficient (Wildman–Crippen LogP) is 2.86. The van der Waals surface area contributed by atoms with Gasteiger partial charge in [-0.05, 0) is 63.0 Å². The topological polar surface area (TPSA) is 127 Å². The average molecular weight is 537 g/mol. The first-order valence-electron chi connectivity index (χ1n) is 12.0. The minimum absolute atomic E-state index is 0.139. The summed E-state index contributed by atoms with van der Waals surface area (Å²) in [5.74, 6) is -0.165. The first-order chi connectivity index (χ1) is 17.4. The molecular formula is C24H30Cl2N6O4. The maximum absolute atomic E-state index is 13.5. The molecule has 2 amide bonds. The highest BCUT2D eigenvalue weighted by atomic mass is 35.5. The lowest BCUT2D eigenvalue weighted by Crippen LogP contribution is -2.37. The highest BCUT2D eigenvalue weighted by Gasteiger charge is 2.29. The van der Waals surface area contributed by atoms with Crippen LogP contribution >= 0.6 is 23.2 Å². The van der Waals surface area contributed by atoms with Gasteiger partial charge in [0.05, 0.1) is 0 Å². The van der Waals surface area contributed by atoms with Crippen LogP contribution < -0.4 is 30.7 Å². The minimum atomic E-state index is -1.20. The summed E-state index contributed by atoms with van der Waals surface area (Å²) in [6.07, 6.45) is 4.16. The molecule has 12 heteroatoms. The molecule has 0 radical (unpaired) electrons. The van der Waals surface area contributed by atoms with Crippen molar-refractivity contribution in [3.8, 4) is 11.5 Å². The maximum Gasteiger partial charge on any atom is 0.254 e. The number of halogens is 2. The summed E-state index contributed by atoms with van der Waals surface area (Å²) in [4.78, 5) is 34.1. The zero-order valence-corrected chi connectivity index (χ0v) is 21.5. The Morgan fingerprint density at radius 1 is 0.972 bits per heavy atom. The van der Waals surface area contributed by atoms with Crippen LogP contribution in [0.4, 0.5) is 5.82 Å². The second kappa shape index (κ2) is 12.5. The minimum Gasteiger partial charge on any atom is -0.490 e.